The van der Waals surface area contributed by atoms with Crippen LogP contribution in [0.5, 0.6) is 0 Å². The standard InChI is InChI=1S/C30H30Cl2N4O6/c1-17(2)42-29(40)25(33-27(38)26-22(31)5-4-6-23(26)32)14-18-7-10-20(11-8-18)36-28(39)21-13-19(15-35(3)16-37)9-12-24(21)34-30(36)41/h4-8,10-11,13,16-17,25H,9,12,14-15H2,1-3H3,(H,33,38)(H,34,41)/t25-/m0/s1. The Kier molecular flexibility index (Phi) is 9.70. The lowest BCUT2D eigenvalue weighted by atomic mass is 9.96. The molecule has 1 aliphatic carbocycles. The van der Waals surface area contributed by atoms with Crippen LogP contribution in [0.2, 0.25) is 10.0 Å². The van der Waals surface area contributed by atoms with Gasteiger partial charge in [0.2, 0.25) is 6.41 Å². The van der Waals surface area contributed by atoms with Crippen LogP contribution in [0, 0.1) is 0 Å². The first kappa shape index (κ1) is 30.8. The molecular weight excluding hydrogens is 583 g/mol. The first-order valence-electron chi connectivity index (χ1n) is 13.3. The highest BCUT2D eigenvalue weighted by Gasteiger charge is 2.26. The summed E-state index contributed by atoms with van der Waals surface area (Å²) >= 11 is 12.4. The number of esters is 1. The third-order valence-corrected chi connectivity index (χ3v) is 7.29. The number of H-pyrrole nitrogens is 1. The van der Waals surface area contributed by atoms with Crippen LogP contribution in [0.4, 0.5) is 0 Å². The van der Waals surface area contributed by atoms with Crippen LogP contribution >= 0.6 is 23.2 Å². The van der Waals surface area contributed by atoms with Crippen molar-refractivity contribution in [2.24, 2.45) is 0 Å². The predicted molar refractivity (Wildman–Crippen MR) is 160 cm³/mol. The molecule has 2 aromatic carbocycles. The van der Waals surface area contributed by atoms with Crippen molar-refractivity contribution in [2.45, 2.75) is 45.3 Å². The van der Waals surface area contributed by atoms with Crippen LogP contribution in [-0.2, 0) is 27.2 Å². The summed E-state index contributed by atoms with van der Waals surface area (Å²) < 4.78 is 6.40. The average Bonchev–Trinajstić information content (AvgIpc) is 2.93. The number of aryl methyl sites for hydroxylation is 1. The van der Waals surface area contributed by atoms with E-state index < -0.39 is 35.3 Å². The minimum absolute atomic E-state index is 0.0412. The number of ether oxygens (including phenoxy) is 1. The number of nitrogens with zero attached hydrogens (tertiary/aromatic N) is 2. The number of hydrogen-bond donors (Lipinski definition) is 2. The van der Waals surface area contributed by atoms with Gasteiger partial charge in [0.05, 0.1) is 33.0 Å². The molecule has 0 spiro atoms. The van der Waals surface area contributed by atoms with E-state index in [1.165, 1.54) is 17.0 Å². The Morgan fingerprint density at radius 1 is 1.10 bits per heavy atom. The second-order valence-electron chi connectivity index (χ2n) is 10.3. The summed E-state index contributed by atoms with van der Waals surface area (Å²) in [6.07, 6.45) is 3.19. The summed E-state index contributed by atoms with van der Waals surface area (Å²) in [6, 6.07) is 10.1. The second kappa shape index (κ2) is 13.2. The van der Waals surface area contributed by atoms with Crippen molar-refractivity contribution >= 4 is 47.6 Å². The molecule has 2 amide bonds. The van der Waals surface area contributed by atoms with Crippen molar-refractivity contribution in [2.75, 3.05) is 13.6 Å². The molecular formula is C30H30Cl2N4O6. The van der Waals surface area contributed by atoms with Gasteiger partial charge in [0.25, 0.3) is 11.5 Å². The van der Waals surface area contributed by atoms with Crippen molar-refractivity contribution < 1.29 is 19.1 Å². The maximum atomic E-state index is 13.4. The predicted octanol–water partition coefficient (Wildman–Crippen LogP) is 3.54. The van der Waals surface area contributed by atoms with Crippen LogP contribution in [0.25, 0.3) is 11.8 Å². The minimum Gasteiger partial charge on any atom is -0.461 e. The van der Waals surface area contributed by atoms with Crippen molar-refractivity contribution in [3.05, 3.63) is 101 Å². The number of rotatable bonds is 10. The molecule has 4 rings (SSSR count). The van der Waals surface area contributed by atoms with Gasteiger partial charge in [-0.3, -0.25) is 14.4 Å². The summed E-state index contributed by atoms with van der Waals surface area (Å²) in [5.74, 6) is -1.28. The van der Waals surface area contributed by atoms with Gasteiger partial charge in [0.1, 0.15) is 6.04 Å². The zero-order valence-electron chi connectivity index (χ0n) is 23.3. The largest absolute Gasteiger partial charge is 0.461 e. The molecule has 0 bridgehead atoms. The van der Waals surface area contributed by atoms with Gasteiger partial charge in [-0.1, -0.05) is 41.4 Å². The van der Waals surface area contributed by atoms with Crippen molar-refractivity contribution in [1.82, 2.24) is 19.8 Å². The summed E-state index contributed by atoms with van der Waals surface area (Å²) in [4.78, 5) is 67.5. The Balaban J connectivity index is 1.61. The zero-order valence-corrected chi connectivity index (χ0v) is 24.8. The summed E-state index contributed by atoms with van der Waals surface area (Å²) in [6.45, 7) is 3.78. The van der Waals surface area contributed by atoms with Crippen molar-refractivity contribution in [3.8, 4) is 5.69 Å². The van der Waals surface area contributed by atoms with E-state index >= 15 is 0 Å². The van der Waals surface area contributed by atoms with Crippen molar-refractivity contribution in [3.63, 3.8) is 0 Å². The van der Waals surface area contributed by atoms with E-state index in [1.807, 2.05) is 0 Å². The molecule has 0 aliphatic heterocycles. The Morgan fingerprint density at radius 2 is 1.76 bits per heavy atom. The van der Waals surface area contributed by atoms with Gasteiger partial charge in [-0.15, -0.1) is 0 Å². The number of carbonyl (C=O) groups excluding carboxylic acids is 3. The molecule has 42 heavy (non-hydrogen) atoms. The van der Waals surface area contributed by atoms with Gasteiger partial charge < -0.3 is 19.9 Å². The SMILES string of the molecule is CC(C)OC(=O)[C@H](Cc1ccc(-n2c(=O)[nH]c3c(c2=O)C=C(CN(C)C=O)CC3)cc1)NC(=O)c1c(Cl)cccc1Cl. The molecule has 12 heteroatoms. The minimum atomic E-state index is -1.07. The van der Waals surface area contributed by atoms with Crippen LogP contribution in [0.3, 0.4) is 0 Å². The topological polar surface area (TPSA) is 131 Å². The molecule has 220 valence electrons. The quantitative estimate of drug-likeness (QED) is 0.266. The molecule has 0 fully saturated rings. The summed E-state index contributed by atoms with van der Waals surface area (Å²) in [5, 5.41) is 2.94. The molecule has 3 aromatic rings. The molecule has 1 aliphatic rings. The number of halogens is 2. The Hall–Kier alpha value is -4.15. The van der Waals surface area contributed by atoms with Gasteiger partial charge in [0, 0.05) is 25.7 Å². The van der Waals surface area contributed by atoms with Gasteiger partial charge in [-0.2, -0.15) is 0 Å². The fourth-order valence-electron chi connectivity index (χ4n) is 4.69. The van der Waals surface area contributed by atoms with Crippen molar-refractivity contribution in [1.29, 1.82) is 0 Å². The van der Waals surface area contributed by atoms with Crippen LogP contribution in [-0.4, -0.2) is 58.5 Å². The number of amides is 2. The van der Waals surface area contributed by atoms with E-state index in [4.69, 9.17) is 27.9 Å². The maximum absolute atomic E-state index is 13.4. The van der Waals surface area contributed by atoms with Gasteiger partial charge in [-0.25, -0.2) is 14.2 Å². The number of aromatic nitrogens is 2. The zero-order chi connectivity index (χ0) is 30.6. The molecule has 1 heterocycles. The number of fused-ring (bicyclic) bond motifs is 1. The highest BCUT2D eigenvalue weighted by atomic mass is 35.5. The monoisotopic (exact) mass is 612 g/mol. The van der Waals surface area contributed by atoms with Gasteiger partial charge in [-0.05, 0) is 68.2 Å². The number of nitrogens with one attached hydrogen (secondary N) is 2. The number of likely N-dealkylation sites (N-methyl/N-ethyl adjacent to an activating group) is 1. The third-order valence-electron chi connectivity index (χ3n) is 6.66. The highest BCUT2D eigenvalue weighted by Crippen LogP contribution is 2.25. The van der Waals surface area contributed by atoms with Gasteiger partial charge >= 0.3 is 11.7 Å². The van der Waals surface area contributed by atoms with E-state index in [9.17, 15) is 24.0 Å². The molecule has 1 aromatic heterocycles. The van der Waals surface area contributed by atoms with E-state index in [0.29, 0.717) is 48.3 Å². The fraction of sp³-hybridized carbons (Fsp3) is 0.300. The lowest BCUT2D eigenvalue weighted by Gasteiger charge is -2.20. The molecule has 0 saturated heterocycles. The molecule has 10 nitrogen and oxygen atoms in total. The summed E-state index contributed by atoms with van der Waals surface area (Å²) in [7, 11) is 1.65. The average molecular weight is 613 g/mol. The maximum Gasteiger partial charge on any atom is 0.333 e. The molecule has 0 radical (unpaired) electrons. The molecule has 0 unspecified atom stereocenters. The normalized spacial score (nSPS) is 13.1. The first-order chi connectivity index (χ1) is 20.0. The van der Waals surface area contributed by atoms with Crippen LogP contribution in [0.1, 0.15) is 47.4 Å². The van der Waals surface area contributed by atoms with E-state index in [-0.39, 0.29) is 22.0 Å². The lowest BCUT2D eigenvalue weighted by molar-refractivity contribution is -0.149. The van der Waals surface area contributed by atoms with Crippen LogP contribution < -0.4 is 16.6 Å². The Morgan fingerprint density at radius 3 is 2.38 bits per heavy atom. The third kappa shape index (κ3) is 7.00. The smallest absolute Gasteiger partial charge is 0.333 e. The Bertz CT molecular complexity index is 1640. The number of aromatic amines is 1. The Labute approximate surface area is 251 Å². The molecule has 0 saturated carbocycles. The van der Waals surface area contributed by atoms with Crippen LogP contribution in [0.15, 0.2) is 57.6 Å². The van der Waals surface area contributed by atoms with E-state index in [2.05, 4.69) is 10.3 Å². The number of benzene rings is 2. The lowest BCUT2D eigenvalue weighted by Crippen LogP contribution is -2.44. The highest BCUT2D eigenvalue weighted by molar-refractivity contribution is 6.39. The molecule has 1 atom stereocenters. The second-order valence-corrected chi connectivity index (χ2v) is 11.1. The fourth-order valence-corrected chi connectivity index (χ4v) is 5.26. The number of hydrogen-bond acceptors (Lipinski definition) is 6. The summed E-state index contributed by atoms with van der Waals surface area (Å²) in [5.41, 5.74) is 1.78. The first-order valence-corrected chi connectivity index (χ1v) is 14.0. The van der Waals surface area contributed by atoms with E-state index in [1.54, 1.807) is 57.3 Å². The van der Waals surface area contributed by atoms with E-state index in [0.717, 1.165) is 10.1 Å². The number of carbonyl (C=O) groups is 3. The van der Waals surface area contributed by atoms with Gasteiger partial charge in [0.15, 0.2) is 0 Å². The molecule has 2 N–H and O–H groups in total.